The Morgan fingerprint density at radius 3 is 2.63 bits per heavy atom. The molecule has 0 bridgehead atoms. The first-order valence-corrected chi connectivity index (χ1v) is 6.86. The third-order valence-corrected chi connectivity index (χ3v) is 3.64. The van der Waals surface area contributed by atoms with Crippen LogP contribution in [0, 0.1) is 5.92 Å². The van der Waals surface area contributed by atoms with Gasteiger partial charge in [-0.1, -0.05) is 19.3 Å². The summed E-state index contributed by atoms with van der Waals surface area (Å²) in [5.41, 5.74) is -0.681. The van der Waals surface area contributed by atoms with Crippen LogP contribution in [0.2, 0.25) is 0 Å². The molecule has 3 nitrogen and oxygen atoms in total. The molecule has 1 fully saturated rings. The van der Waals surface area contributed by atoms with E-state index < -0.39 is 11.7 Å². The summed E-state index contributed by atoms with van der Waals surface area (Å²) in [5.74, 6) is 0.733. The molecule has 0 spiro atoms. The largest absolute Gasteiger partial charge is 0.419 e. The molecule has 1 saturated carbocycles. The van der Waals surface area contributed by atoms with Crippen molar-refractivity contribution < 1.29 is 13.2 Å². The maximum atomic E-state index is 12.4. The van der Waals surface area contributed by atoms with E-state index in [0.717, 1.165) is 24.9 Å². The SMILES string of the molecule is FC(F)(F)c1cnn(CCNCC2CCCCC2)c1. The molecular weight excluding hydrogens is 255 g/mol. The van der Waals surface area contributed by atoms with E-state index >= 15 is 0 Å². The molecule has 1 aromatic heterocycles. The van der Waals surface area contributed by atoms with Gasteiger partial charge in [0, 0.05) is 12.7 Å². The van der Waals surface area contributed by atoms with E-state index in [2.05, 4.69) is 10.4 Å². The summed E-state index contributed by atoms with van der Waals surface area (Å²) >= 11 is 0. The topological polar surface area (TPSA) is 29.9 Å². The maximum Gasteiger partial charge on any atom is 0.419 e. The Morgan fingerprint density at radius 2 is 2.00 bits per heavy atom. The van der Waals surface area contributed by atoms with E-state index in [1.807, 2.05) is 0 Å². The predicted molar refractivity (Wildman–Crippen MR) is 66.7 cm³/mol. The van der Waals surface area contributed by atoms with Crippen LogP contribution >= 0.6 is 0 Å². The number of hydrogen-bond donors (Lipinski definition) is 1. The number of rotatable bonds is 5. The molecule has 1 N–H and O–H groups in total. The minimum absolute atomic E-state index is 0.475. The number of nitrogens with zero attached hydrogens (tertiary/aromatic N) is 2. The van der Waals surface area contributed by atoms with E-state index in [1.165, 1.54) is 36.8 Å². The number of halogens is 3. The van der Waals surface area contributed by atoms with Crippen molar-refractivity contribution in [3.8, 4) is 0 Å². The van der Waals surface area contributed by atoms with Gasteiger partial charge < -0.3 is 5.32 Å². The minimum Gasteiger partial charge on any atom is -0.315 e. The average molecular weight is 275 g/mol. The highest BCUT2D eigenvalue weighted by Crippen LogP contribution is 2.28. The summed E-state index contributed by atoms with van der Waals surface area (Å²) in [6.07, 6.45) is 4.13. The second-order valence-corrected chi connectivity index (χ2v) is 5.20. The fraction of sp³-hybridized carbons (Fsp3) is 0.769. The predicted octanol–water partition coefficient (Wildman–Crippen LogP) is 3.07. The maximum absolute atomic E-state index is 12.4. The Labute approximate surface area is 111 Å². The number of hydrogen-bond acceptors (Lipinski definition) is 2. The first-order chi connectivity index (χ1) is 9.05. The molecule has 0 atom stereocenters. The van der Waals surface area contributed by atoms with Gasteiger partial charge in [0.2, 0.25) is 0 Å². The summed E-state index contributed by atoms with van der Waals surface area (Å²) in [7, 11) is 0. The highest BCUT2D eigenvalue weighted by Gasteiger charge is 2.32. The second kappa shape index (κ2) is 6.41. The van der Waals surface area contributed by atoms with Gasteiger partial charge in [0.1, 0.15) is 0 Å². The smallest absolute Gasteiger partial charge is 0.315 e. The molecule has 1 aliphatic carbocycles. The fourth-order valence-electron chi connectivity index (χ4n) is 2.52. The van der Waals surface area contributed by atoms with Crippen molar-refractivity contribution in [2.24, 2.45) is 5.92 Å². The van der Waals surface area contributed by atoms with Crippen molar-refractivity contribution >= 4 is 0 Å². The Kier molecular flexibility index (Phi) is 4.85. The average Bonchev–Trinajstić information content (AvgIpc) is 2.85. The zero-order valence-electron chi connectivity index (χ0n) is 10.9. The highest BCUT2D eigenvalue weighted by molar-refractivity contribution is 5.08. The van der Waals surface area contributed by atoms with E-state index in [4.69, 9.17) is 0 Å². The third-order valence-electron chi connectivity index (χ3n) is 3.64. The standard InChI is InChI=1S/C13H20F3N3/c14-13(15,16)12-9-18-19(10-12)7-6-17-8-11-4-2-1-3-5-11/h9-11,17H,1-8H2. The summed E-state index contributed by atoms with van der Waals surface area (Å²) < 4.78 is 38.4. The minimum atomic E-state index is -4.30. The molecule has 1 heterocycles. The van der Waals surface area contributed by atoms with Crippen molar-refractivity contribution in [1.29, 1.82) is 0 Å². The Bertz CT molecular complexity index is 381. The first kappa shape index (κ1) is 14.4. The summed E-state index contributed by atoms with van der Waals surface area (Å²) in [6, 6.07) is 0. The van der Waals surface area contributed by atoms with Gasteiger partial charge in [0.05, 0.1) is 18.3 Å². The highest BCUT2D eigenvalue weighted by atomic mass is 19.4. The van der Waals surface area contributed by atoms with Gasteiger partial charge in [0.25, 0.3) is 0 Å². The molecule has 0 aliphatic heterocycles. The van der Waals surface area contributed by atoms with Gasteiger partial charge in [-0.25, -0.2) is 0 Å². The second-order valence-electron chi connectivity index (χ2n) is 5.20. The van der Waals surface area contributed by atoms with Gasteiger partial charge in [-0.05, 0) is 25.3 Å². The summed E-state index contributed by atoms with van der Waals surface area (Å²) in [4.78, 5) is 0. The van der Waals surface area contributed by atoms with E-state index in [9.17, 15) is 13.2 Å². The molecule has 0 aromatic carbocycles. The lowest BCUT2D eigenvalue weighted by molar-refractivity contribution is -0.137. The molecule has 0 unspecified atom stereocenters. The van der Waals surface area contributed by atoms with Crippen LogP contribution < -0.4 is 5.32 Å². The van der Waals surface area contributed by atoms with Crippen LogP contribution in [-0.2, 0) is 12.7 Å². The van der Waals surface area contributed by atoms with Crippen LogP contribution in [0.5, 0.6) is 0 Å². The first-order valence-electron chi connectivity index (χ1n) is 6.86. The van der Waals surface area contributed by atoms with Crippen molar-refractivity contribution in [3.63, 3.8) is 0 Å². The molecule has 2 rings (SSSR count). The van der Waals surface area contributed by atoms with Crippen molar-refractivity contribution in [1.82, 2.24) is 15.1 Å². The fourth-order valence-corrected chi connectivity index (χ4v) is 2.52. The number of aromatic nitrogens is 2. The van der Waals surface area contributed by atoms with Gasteiger partial charge in [-0.15, -0.1) is 0 Å². The van der Waals surface area contributed by atoms with E-state index in [0.29, 0.717) is 13.1 Å². The Morgan fingerprint density at radius 1 is 1.26 bits per heavy atom. The van der Waals surface area contributed by atoms with Gasteiger partial charge in [-0.3, -0.25) is 4.68 Å². The molecule has 0 radical (unpaired) electrons. The lowest BCUT2D eigenvalue weighted by atomic mass is 9.89. The van der Waals surface area contributed by atoms with Crippen LogP contribution in [-0.4, -0.2) is 22.9 Å². The Balaban J connectivity index is 1.66. The van der Waals surface area contributed by atoms with Crippen LogP contribution in [0.4, 0.5) is 13.2 Å². The molecule has 1 aromatic rings. The van der Waals surface area contributed by atoms with Gasteiger partial charge >= 0.3 is 6.18 Å². The van der Waals surface area contributed by atoms with Crippen molar-refractivity contribution in [2.75, 3.05) is 13.1 Å². The molecule has 0 amide bonds. The molecule has 6 heteroatoms. The molecule has 108 valence electrons. The zero-order chi connectivity index (χ0) is 13.7. The number of alkyl halides is 3. The summed E-state index contributed by atoms with van der Waals surface area (Å²) in [5, 5.41) is 7.03. The lowest BCUT2D eigenvalue weighted by Gasteiger charge is -2.21. The van der Waals surface area contributed by atoms with Gasteiger partial charge in [-0.2, -0.15) is 18.3 Å². The van der Waals surface area contributed by atoms with Crippen LogP contribution in [0.15, 0.2) is 12.4 Å². The number of nitrogens with one attached hydrogen (secondary N) is 1. The van der Waals surface area contributed by atoms with E-state index in [-0.39, 0.29) is 0 Å². The van der Waals surface area contributed by atoms with E-state index in [1.54, 1.807) is 0 Å². The van der Waals surface area contributed by atoms with Gasteiger partial charge in [0.15, 0.2) is 0 Å². The zero-order valence-corrected chi connectivity index (χ0v) is 10.9. The quantitative estimate of drug-likeness (QED) is 0.837. The van der Waals surface area contributed by atoms with Crippen LogP contribution in [0.1, 0.15) is 37.7 Å². The van der Waals surface area contributed by atoms with Crippen molar-refractivity contribution in [3.05, 3.63) is 18.0 Å². The molecule has 19 heavy (non-hydrogen) atoms. The molecular formula is C13H20F3N3. The van der Waals surface area contributed by atoms with Crippen LogP contribution in [0.25, 0.3) is 0 Å². The van der Waals surface area contributed by atoms with Crippen LogP contribution in [0.3, 0.4) is 0 Å². The Hall–Kier alpha value is -1.04. The summed E-state index contributed by atoms with van der Waals surface area (Å²) in [6.45, 7) is 2.10. The third kappa shape index (κ3) is 4.53. The molecule has 0 saturated heterocycles. The van der Waals surface area contributed by atoms with Crippen molar-refractivity contribution in [2.45, 2.75) is 44.8 Å². The molecule has 1 aliphatic rings. The monoisotopic (exact) mass is 275 g/mol. The normalized spacial score (nSPS) is 17.8. The lowest BCUT2D eigenvalue weighted by Crippen LogP contribution is -2.27.